The van der Waals surface area contributed by atoms with Gasteiger partial charge >= 0.3 is 0 Å². The Balaban J connectivity index is 2.89. The molecule has 0 unspecified atom stereocenters. The van der Waals surface area contributed by atoms with Crippen molar-refractivity contribution in [2.45, 2.75) is 6.92 Å². The molecule has 0 saturated carbocycles. The number of amides is 1. The quantitative estimate of drug-likeness (QED) is 0.867. The van der Waals surface area contributed by atoms with E-state index < -0.39 is 0 Å². The highest BCUT2D eigenvalue weighted by atomic mass is 79.9. The lowest BCUT2D eigenvalue weighted by atomic mass is 10.3. The van der Waals surface area contributed by atoms with Gasteiger partial charge in [-0.2, -0.15) is 0 Å². The Bertz CT molecular complexity index is 325. The topological polar surface area (TPSA) is 38.3 Å². The van der Waals surface area contributed by atoms with Gasteiger partial charge in [0.15, 0.2) is 0 Å². The molecule has 0 aliphatic rings. The van der Waals surface area contributed by atoms with Crippen LogP contribution >= 0.6 is 15.9 Å². The molecule has 0 bridgehead atoms. The fraction of sp³-hybridized carbons (Fsp3) is 0.222. The summed E-state index contributed by atoms with van der Waals surface area (Å²) < 4.78 is 5.87. The third kappa shape index (κ3) is 2.73. The molecular weight excluding hydrogens is 234 g/mol. The fourth-order valence-electron chi connectivity index (χ4n) is 0.947. The number of halogens is 1. The van der Waals surface area contributed by atoms with Crippen LogP contribution in [0.3, 0.4) is 0 Å². The van der Waals surface area contributed by atoms with Gasteiger partial charge in [0.1, 0.15) is 5.75 Å². The number of carbonyl (C=O) groups excluding carboxylic acids is 1. The second-order valence-corrected chi connectivity index (χ2v) is 3.38. The van der Waals surface area contributed by atoms with Gasteiger partial charge in [-0.25, -0.2) is 0 Å². The monoisotopic (exact) mass is 243 g/mol. The van der Waals surface area contributed by atoms with Gasteiger partial charge in [0.2, 0.25) is 5.91 Å². The Hall–Kier alpha value is -1.03. The molecule has 0 saturated heterocycles. The van der Waals surface area contributed by atoms with Crippen molar-refractivity contribution in [3.8, 4) is 5.75 Å². The number of anilines is 1. The van der Waals surface area contributed by atoms with Crippen LogP contribution in [0.4, 0.5) is 5.69 Å². The van der Waals surface area contributed by atoms with Crippen LogP contribution in [0.1, 0.15) is 6.92 Å². The summed E-state index contributed by atoms with van der Waals surface area (Å²) in [6.45, 7) is 1.47. The largest absolute Gasteiger partial charge is 0.496 e. The SMILES string of the molecule is COc1ccc(NC(C)=O)cc1Br. The van der Waals surface area contributed by atoms with E-state index in [1.807, 2.05) is 0 Å². The van der Waals surface area contributed by atoms with E-state index in [0.717, 1.165) is 15.9 Å². The Morgan fingerprint density at radius 1 is 1.54 bits per heavy atom. The highest BCUT2D eigenvalue weighted by Gasteiger charge is 2.01. The molecule has 0 spiro atoms. The number of rotatable bonds is 2. The fourth-order valence-corrected chi connectivity index (χ4v) is 1.49. The molecular formula is C9H10BrNO2. The second-order valence-electron chi connectivity index (χ2n) is 2.53. The number of hydrogen-bond donors (Lipinski definition) is 1. The molecule has 4 heteroatoms. The van der Waals surface area contributed by atoms with Crippen LogP contribution in [0, 0.1) is 0 Å². The van der Waals surface area contributed by atoms with Gasteiger partial charge in [-0.05, 0) is 34.1 Å². The summed E-state index contributed by atoms with van der Waals surface area (Å²) in [5.74, 6) is 0.658. The number of hydrogen-bond acceptors (Lipinski definition) is 2. The molecule has 1 aromatic carbocycles. The van der Waals surface area contributed by atoms with Crippen molar-refractivity contribution in [2.24, 2.45) is 0 Å². The minimum absolute atomic E-state index is 0.0860. The van der Waals surface area contributed by atoms with Gasteiger partial charge in [0.05, 0.1) is 11.6 Å². The minimum atomic E-state index is -0.0860. The molecule has 0 aliphatic carbocycles. The number of carbonyl (C=O) groups is 1. The lowest BCUT2D eigenvalue weighted by molar-refractivity contribution is -0.114. The van der Waals surface area contributed by atoms with Crippen LogP contribution in [-0.2, 0) is 4.79 Å². The molecule has 1 rings (SSSR count). The zero-order valence-electron chi connectivity index (χ0n) is 7.43. The van der Waals surface area contributed by atoms with Crippen LogP contribution in [0.5, 0.6) is 5.75 Å². The first-order valence-electron chi connectivity index (χ1n) is 3.74. The van der Waals surface area contributed by atoms with Crippen molar-refractivity contribution in [1.82, 2.24) is 0 Å². The van der Waals surface area contributed by atoms with Crippen LogP contribution < -0.4 is 10.1 Å². The smallest absolute Gasteiger partial charge is 0.221 e. The van der Waals surface area contributed by atoms with E-state index in [-0.39, 0.29) is 5.91 Å². The number of methoxy groups -OCH3 is 1. The van der Waals surface area contributed by atoms with Gasteiger partial charge in [-0.1, -0.05) is 0 Å². The maximum Gasteiger partial charge on any atom is 0.221 e. The van der Waals surface area contributed by atoms with Crippen molar-refractivity contribution in [3.63, 3.8) is 0 Å². The van der Waals surface area contributed by atoms with Gasteiger partial charge in [-0.15, -0.1) is 0 Å². The molecule has 13 heavy (non-hydrogen) atoms. The van der Waals surface area contributed by atoms with E-state index in [1.165, 1.54) is 6.92 Å². The third-order valence-corrected chi connectivity index (χ3v) is 2.09. The van der Waals surface area contributed by atoms with Crippen molar-refractivity contribution >= 4 is 27.5 Å². The van der Waals surface area contributed by atoms with E-state index in [0.29, 0.717) is 0 Å². The van der Waals surface area contributed by atoms with Gasteiger partial charge in [0, 0.05) is 12.6 Å². The number of nitrogens with one attached hydrogen (secondary N) is 1. The Labute approximate surface area is 85.2 Å². The van der Waals surface area contributed by atoms with E-state index in [9.17, 15) is 4.79 Å². The van der Waals surface area contributed by atoms with Crippen LogP contribution in [-0.4, -0.2) is 13.0 Å². The zero-order valence-corrected chi connectivity index (χ0v) is 9.01. The minimum Gasteiger partial charge on any atom is -0.496 e. The normalized spacial score (nSPS) is 9.46. The zero-order chi connectivity index (χ0) is 9.84. The summed E-state index contributed by atoms with van der Waals surface area (Å²) >= 11 is 3.32. The summed E-state index contributed by atoms with van der Waals surface area (Å²) in [6, 6.07) is 5.36. The predicted octanol–water partition coefficient (Wildman–Crippen LogP) is 2.42. The molecule has 0 fully saturated rings. The first kappa shape index (κ1) is 10.1. The maximum atomic E-state index is 10.7. The van der Waals surface area contributed by atoms with Crippen LogP contribution in [0.2, 0.25) is 0 Å². The molecule has 3 nitrogen and oxygen atoms in total. The Morgan fingerprint density at radius 2 is 2.23 bits per heavy atom. The van der Waals surface area contributed by atoms with E-state index in [1.54, 1.807) is 25.3 Å². The number of ether oxygens (including phenoxy) is 1. The Morgan fingerprint density at radius 3 is 2.69 bits per heavy atom. The van der Waals surface area contributed by atoms with E-state index >= 15 is 0 Å². The van der Waals surface area contributed by atoms with Gasteiger partial charge in [-0.3, -0.25) is 4.79 Å². The third-order valence-electron chi connectivity index (χ3n) is 1.47. The van der Waals surface area contributed by atoms with Gasteiger partial charge in [0.25, 0.3) is 0 Å². The highest BCUT2D eigenvalue weighted by molar-refractivity contribution is 9.10. The lowest BCUT2D eigenvalue weighted by Gasteiger charge is -2.06. The number of benzene rings is 1. The van der Waals surface area contributed by atoms with E-state index in [4.69, 9.17) is 4.74 Å². The first-order chi connectivity index (χ1) is 6.13. The second kappa shape index (κ2) is 4.28. The van der Waals surface area contributed by atoms with Crippen LogP contribution in [0.25, 0.3) is 0 Å². The molecule has 70 valence electrons. The predicted molar refractivity (Wildman–Crippen MR) is 55.0 cm³/mol. The summed E-state index contributed by atoms with van der Waals surface area (Å²) in [7, 11) is 1.60. The van der Waals surface area contributed by atoms with E-state index in [2.05, 4.69) is 21.2 Å². The molecule has 1 N–H and O–H groups in total. The summed E-state index contributed by atoms with van der Waals surface area (Å²) in [6.07, 6.45) is 0. The lowest BCUT2D eigenvalue weighted by Crippen LogP contribution is -2.05. The molecule has 1 amide bonds. The molecule has 0 heterocycles. The molecule has 0 atom stereocenters. The summed E-state index contributed by atoms with van der Waals surface area (Å²) in [4.78, 5) is 10.7. The van der Waals surface area contributed by atoms with Crippen molar-refractivity contribution < 1.29 is 9.53 Å². The molecule has 1 aromatic rings. The van der Waals surface area contributed by atoms with Crippen LogP contribution in [0.15, 0.2) is 22.7 Å². The maximum absolute atomic E-state index is 10.7. The van der Waals surface area contributed by atoms with Crippen molar-refractivity contribution in [2.75, 3.05) is 12.4 Å². The average Bonchev–Trinajstić information content (AvgIpc) is 2.03. The molecule has 0 radical (unpaired) electrons. The van der Waals surface area contributed by atoms with Crippen molar-refractivity contribution in [3.05, 3.63) is 22.7 Å². The Kier molecular flexibility index (Phi) is 3.31. The standard InChI is InChI=1S/C9H10BrNO2/c1-6(12)11-7-3-4-9(13-2)8(10)5-7/h3-5H,1-2H3,(H,11,12). The summed E-state index contributed by atoms with van der Waals surface area (Å²) in [5.41, 5.74) is 0.750. The first-order valence-corrected chi connectivity index (χ1v) is 4.54. The highest BCUT2D eigenvalue weighted by Crippen LogP contribution is 2.27. The molecule has 0 aromatic heterocycles. The average molecular weight is 244 g/mol. The summed E-state index contributed by atoms with van der Waals surface area (Å²) in [5, 5.41) is 2.67. The molecule has 0 aliphatic heterocycles. The van der Waals surface area contributed by atoms with Gasteiger partial charge < -0.3 is 10.1 Å². The van der Waals surface area contributed by atoms with Crippen molar-refractivity contribution in [1.29, 1.82) is 0 Å².